The van der Waals surface area contributed by atoms with Gasteiger partial charge in [0.2, 0.25) is 5.95 Å². The molecule has 1 aliphatic rings. The van der Waals surface area contributed by atoms with Crippen LogP contribution in [0.1, 0.15) is 29.0 Å². The third-order valence-corrected chi connectivity index (χ3v) is 4.46. The van der Waals surface area contributed by atoms with Crippen molar-refractivity contribution >= 4 is 11.9 Å². The van der Waals surface area contributed by atoms with Crippen LogP contribution in [0.2, 0.25) is 0 Å². The van der Waals surface area contributed by atoms with Gasteiger partial charge in [-0.05, 0) is 24.8 Å². The summed E-state index contributed by atoms with van der Waals surface area (Å²) in [6.45, 7) is 2.36. The number of hydrogen-bond acceptors (Lipinski definition) is 6. The maximum atomic E-state index is 12.4. The van der Waals surface area contributed by atoms with Crippen LogP contribution in [0.25, 0.3) is 0 Å². The maximum absolute atomic E-state index is 12.4. The fraction of sp³-hybridized carbons (Fsp3) is 0.471. The minimum atomic E-state index is -0.0481. The number of carbonyl (C=O) groups excluding carboxylic acids is 1. The number of hydrogen-bond donors (Lipinski definition) is 0. The zero-order chi connectivity index (χ0) is 17.8. The standard InChI is InChI=1S/C17H21N7O/c1-22-11-15(20-12-22)16(25)23(2)10-13-4-7-24(8-5-13)17-19-6-3-14(9-18)21-17/h3,6,11-13H,4-5,7-8,10H2,1-2H3. The average Bonchev–Trinajstić information content (AvgIpc) is 3.08. The lowest BCUT2D eigenvalue weighted by atomic mass is 9.96. The van der Waals surface area contributed by atoms with E-state index in [1.807, 2.05) is 20.2 Å². The maximum Gasteiger partial charge on any atom is 0.273 e. The second kappa shape index (κ2) is 7.30. The number of carbonyl (C=O) groups is 1. The molecular formula is C17H21N7O. The topological polar surface area (TPSA) is 90.9 Å². The van der Waals surface area contributed by atoms with E-state index < -0.39 is 0 Å². The Labute approximate surface area is 146 Å². The van der Waals surface area contributed by atoms with Gasteiger partial charge in [-0.25, -0.2) is 15.0 Å². The second-order valence-electron chi connectivity index (χ2n) is 6.39. The number of aromatic nitrogens is 4. The Kier molecular flexibility index (Phi) is 4.93. The third kappa shape index (κ3) is 3.94. The van der Waals surface area contributed by atoms with Gasteiger partial charge in [0.15, 0.2) is 0 Å². The van der Waals surface area contributed by atoms with Crippen LogP contribution in [0.15, 0.2) is 24.8 Å². The van der Waals surface area contributed by atoms with Crippen molar-refractivity contribution in [2.45, 2.75) is 12.8 Å². The summed E-state index contributed by atoms with van der Waals surface area (Å²) in [5.74, 6) is 0.997. The van der Waals surface area contributed by atoms with Crippen LogP contribution in [0, 0.1) is 17.2 Å². The zero-order valence-corrected chi connectivity index (χ0v) is 14.5. The molecule has 2 aromatic heterocycles. The molecule has 2 aromatic rings. The molecule has 25 heavy (non-hydrogen) atoms. The summed E-state index contributed by atoms with van der Waals surface area (Å²) in [5.41, 5.74) is 0.858. The first-order valence-corrected chi connectivity index (χ1v) is 8.28. The van der Waals surface area contributed by atoms with Gasteiger partial charge in [-0.1, -0.05) is 0 Å². The molecule has 1 amide bonds. The highest BCUT2D eigenvalue weighted by molar-refractivity contribution is 5.91. The molecule has 0 unspecified atom stereocenters. The van der Waals surface area contributed by atoms with Crippen molar-refractivity contribution in [3.63, 3.8) is 0 Å². The van der Waals surface area contributed by atoms with E-state index in [0.29, 0.717) is 29.8 Å². The molecule has 3 rings (SSSR count). The Balaban J connectivity index is 1.53. The Morgan fingerprint density at radius 3 is 2.80 bits per heavy atom. The lowest BCUT2D eigenvalue weighted by molar-refractivity contribution is 0.0759. The normalized spacial score (nSPS) is 15.0. The first-order chi connectivity index (χ1) is 12.1. The SMILES string of the molecule is CN(CC1CCN(c2nccc(C#N)n2)CC1)C(=O)c1cn(C)cn1. The molecule has 0 N–H and O–H groups in total. The first-order valence-electron chi connectivity index (χ1n) is 8.28. The van der Waals surface area contributed by atoms with Crippen molar-refractivity contribution in [3.8, 4) is 6.07 Å². The number of rotatable bonds is 4. The van der Waals surface area contributed by atoms with E-state index in [1.54, 1.807) is 34.3 Å². The van der Waals surface area contributed by atoms with Gasteiger partial charge in [0.05, 0.1) is 6.33 Å². The highest BCUT2D eigenvalue weighted by atomic mass is 16.2. The van der Waals surface area contributed by atoms with E-state index in [0.717, 1.165) is 25.9 Å². The van der Waals surface area contributed by atoms with E-state index in [1.165, 1.54) is 0 Å². The number of anilines is 1. The van der Waals surface area contributed by atoms with Gasteiger partial charge in [-0.3, -0.25) is 4.79 Å². The fourth-order valence-corrected chi connectivity index (χ4v) is 3.07. The molecule has 3 heterocycles. The molecule has 130 valence electrons. The summed E-state index contributed by atoms with van der Waals surface area (Å²) in [4.78, 5) is 28.8. The van der Waals surface area contributed by atoms with Gasteiger partial charge in [0, 0.05) is 46.1 Å². The van der Waals surface area contributed by atoms with Crippen LogP contribution >= 0.6 is 0 Å². The lowest BCUT2D eigenvalue weighted by Crippen LogP contribution is -2.40. The summed E-state index contributed by atoms with van der Waals surface area (Å²) in [6, 6.07) is 3.65. The van der Waals surface area contributed by atoms with E-state index >= 15 is 0 Å². The van der Waals surface area contributed by atoms with Gasteiger partial charge >= 0.3 is 0 Å². The van der Waals surface area contributed by atoms with Crippen molar-refractivity contribution in [3.05, 3.63) is 36.2 Å². The number of imidazole rings is 1. The average molecular weight is 339 g/mol. The van der Waals surface area contributed by atoms with E-state index in [2.05, 4.69) is 19.9 Å². The summed E-state index contributed by atoms with van der Waals surface area (Å²) in [6.07, 6.45) is 6.90. The van der Waals surface area contributed by atoms with Gasteiger partial charge < -0.3 is 14.4 Å². The predicted molar refractivity (Wildman–Crippen MR) is 91.9 cm³/mol. The molecule has 0 aliphatic carbocycles. The number of nitrogens with zero attached hydrogens (tertiary/aromatic N) is 7. The van der Waals surface area contributed by atoms with E-state index in [-0.39, 0.29) is 5.91 Å². The molecule has 8 nitrogen and oxygen atoms in total. The lowest BCUT2D eigenvalue weighted by Gasteiger charge is -2.33. The van der Waals surface area contributed by atoms with Crippen LogP contribution in [-0.2, 0) is 7.05 Å². The highest BCUT2D eigenvalue weighted by Gasteiger charge is 2.24. The summed E-state index contributed by atoms with van der Waals surface area (Å²) in [7, 11) is 3.67. The van der Waals surface area contributed by atoms with Crippen molar-refractivity contribution < 1.29 is 4.79 Å². The van der Waals surface area contributed by atoms with Crippen molar-refractivity contribution in [2.75, 3.05) is 31.6 Å². The van der Waals surface area contributed by atoms with Crippen LogP contribution in [0.4, 0.5) is 5.95 Å². The second-order valence-corrected chi connectivity index (χ2v) is 6.39. The minimum Gasteiger partial charge on any atom is -0.341 e. The zero-order valence-electron chi connectivity index (χ0n) is 14.5. The highest BCUT2D eigenvalue weighted by Crippen LogP contribution is 2.21. The van der Waals surface area contributed by atoms with Crippen molar-refractivity contribution in [1.29, 1.82) is 5.26 Å². The molecule has 0 spiro atoms. The quantitative estimate of drug-likeness (QED) is 0.827. The Hall–Kier alpha value is -2.95. The Morgan fingerprint density at radius 1 is 1.40 bits per heavy atom. The smallest absolute Gasteiger partial charge is 0.273 e. The molecule has 8 heteroatoms. The first kappa shape index (κ1) is 16.9. The predicted octanol–water partition coefficient (Wildman–Crippen LogP) is 1.07. The molecule has 0 radical (unpaired) electrons. The van der Waals surface area contributed by atoms with Crippen LogP contribution in [0.5, 0.6) is 0 Å². The number of piperidine rings is 1. The molecule has 0 bridgehead atoms. The Morgan fingerprint density at radius 2 is 2.16 bits per heavy atom. The van der Waals surface area contributed by atoms with E-state index in [4.69, 9.17) is 5.26 Å². The van der Waals surface area contributed by atoms with Gasteiger partial charge in [-0.2, -0.15) is 5.26 Å². The van der Waals surface area contributed by atoms with Crippen LogP contribution in [-0.4, -0.2) is 57.0 Å². The summed E-state index contributed by atoms with van der Waals surface area (Å²) >= 11 is 0. The molecular weight excluding hydrogens is 318 g/mol. The largest absolute Gasteiger partial charge is 0.341 e. The summed E-state index contributed by atoms with van der Waals surface area (Å²) in [5, 5.41) is 8.95. The summed E-state index contributed by atoms with van der Waals surface area (Å²) < 4.78 is 1.77. The number of amides is 1. The fourth-order valence-electron chi connectivity index (χ4n) is 3.07. The van der Waals surface area contributed by atoms with Crippen LogP contribution in [0.3, 0.4) is 0 Å². The molecule has 0 atom stereocenters. The van der Waals surface area contributed by atoms with E-state index in [9.17, 15) is 4.79 Å². The Bertz CT molecular complexity index is 786. The van der Waals surface area contributed by atoms with Gasteiger partial charge in [0.1, 0.15) is 17.5 Å². The van der Waals surface area contributed by atoms with Crippen LogP contribution < -0.4 is 4.90 Å². The molecule has 1 aliphatic heterocycles. The molecule has 1 saturated heterocycles. The van der Waals surface area contributed by atoms with Crippen molar-refractivity contribution in [1.82, 2.24) is 24.4 Å². The minimum absolute atomic E-state index is 0.0481. The monoisotopic (exact) mass is 339 g/mol. The molecule has 0 aromatic carbocycles. The van der Waals surface area contributed by atoms with Gasteiger partial charge in [0.25, 0.3) is 5.91 Å². The number of nitriles is 1. The van der Waals surface area contributed by atoms with Crippen molar-refractivity contribution in [2.24, 2.45) is 13.0 Å². The van der Waals surface area contributed by atoms with Gasteiger partial charge in [-0.15, -0.1) is 0 Å². The number of aryl methyl sites for hydroxylation is 1. The molecule has 1 fully saturated rings. The molecule has 0 saturated carbocycles. The third-order valence-electron chi connectivity index (χ3n) is 4.46.